The first-order valence-electron chi connectivity index (χ1n) is 7.88. The number of hydrogen-bond donors (Lipinski definition) is 1. The second-order valence-electron chi connectivity index (χ2n) is 5.56. The van der Waals surface area contributed by atoms with Crippen molar-refractivity contribution in [3.63, 3.8) is 0 Å². The number of aryl methyl sites for hydroxylation is 1. The van der Waals surface area contributed by atoms with Gasteiger partial charge < -0.3 is 14.8 Å². The maximum Gasteiger partial charge on any atom is 0.242 e. The Morgan fingerprint density at radius 2 is 1.81 bits per heavy atom. The minimum absolute atomic E-state index is 0.188. The molecule has 27 heavy (non-hydrogen) atoms. The summed E-state index contributed by atoms with van der Waals surface area (Å²) in [4.78, 5) is 0. The number of nitrogens with one attached hydrogen (secondary N) is 1. The molecule has 0 unspecified atom stereocenters. The number of benzene rings is 2. The molecule has 3 rings (SSSR count). The Hall–Kier alpha value is -2.22. The molecular weight excluding hydrogens is 413 g/mol. The molecule has 0 atom stereocenters. The largest absolute Gasteiger partial charge is 0.493 e. The summed E-state index contributed by atoms with van der Waals surface area (Å²) in [6.07, 6.45) is 0. The van der Waals surface area contributed by atoms with Crippen LogP contribution in [0.3, 0.4) is 0 Å². The molecule has 0 saturated heterocycles. The third kappa shape index (κ3) is 4.55. The van der Waals surface area contributed by atoms with E-state index in [1.54, 1.807) is 44.5 Å². The van der Waals surface area contributed by atoms with E-state index in [9.17, 15) is 0 Å². The average molecular weight is 429 g/mol. The lowest BCUT2D eigenvalue weighted by Gasteiger charge is -2.15. The number of rotatable bonds is 7. The molecule has 0 aliphatic heterocycles. The van der Waals surface area contributed by atoms with E-state index >= 15 is 0 Å². The minimum Gasteiger partial charge on any atom is -0.493 e. The highest BCUT2D eigenvalue weighted by Crippen LogP contribution is 2.35. The van der Waals surface area contributed by atoms with Crippen molar-refractivity contribution in [3.8, 4) is 11.5 Å². The number of methoxy groups -OCH3 is 1. The SMILES string of the molecule is COc1cc(CNc2nnnn2C)c(Cl)cc1OCc1c(Cl)cccc1Cl. The number of aromatic nitrogens is 4. The van der Waals surface area contributed by atoms with Crippen LogP contribution < -0.4 is 14.8 Å². The van der Waals surface area contributed by atoms with Crippen LogP contribution in [0.25, 0.3) is 0 Å². The zero-order valence-electron chi connectivity index (χ0n) is 14.5. The van der Waals surface area contributed by atoms with Crippen LogP contribution >= 0.6 is 34.8 Å². The molecule has 7 nitrogen and oxygen atoms in total. The molecule has 1 heterocycles. The van der Waals surface area contributed by atoms with Gasteiger partial charge in [0.2, 0.25) is 5.95 Å². The van der Waals surface area contributed by atoms with Crippen LogP contribution in [0.1, 0.15) is 11.1 Å². The van der Waals surface area contributed by atoms with E-state index in [1.165, 1.54) is 4.68 Å². The Morgan fingerprint density at radius 1 is 1.07 bits per heavy atom. The lowest BCUT2D eigenvalue weighted by atomic mass is 10.2. The third-order valence-corrected chi connectivity index (χ3v) is 4.88. The fourth-order valence-electron chi connectivity index (χ4n) is 2.36. The zero-order chi connectivity index (χ0) is 19.4. The molecule has 1 aromatic heterocycles. The summed E-state index contributed by atoms with van der Waals surface area (Å²) in [7, 11) is 3.30. The van der Waals surface area contributed by atoms with E-state index in [-0.39, 0.29) is 6.61 Å². The fourth-order valence-corrected chi connectivity index (χ4v) is 3.09. The van der Waals surface area contributed by atoms with Gasteiger partial charge in [0.05, 0.1) is 7.11 Å². The molecule has 0 aliphatic carbocycles. The van der Waals surface area contributed by atoms with Gasteiger partial charge in [-0.05, 0) is 34.2 Å². The van der Waals surface area contributed by atoms with Gasteiger partial charge in [0, 0.05) is 40.3 Å². The Balaban J connectivity index is 1.76. The Bertz CT molecular complexity index is 928. The van der Waals surface area contributed by atoms with Crippen LogP contribution in [0, 0.1) is 0 Å². The molecule has 0 fully saturated rings. The Kier molecular flexibility index (Phi) is 6.26. The zero-order valence-corrected chi connectivity index (χ0v) is 16.8. The van der Waals surface area contributed by atoms with Gasteiger partial charge in [-0.2, -0.15) is 0 Å². The van der Waals surface area contributed by atoms with Crippen molar-refractivity contribution in [2.24, 2.45) is 7.05 Å². The lowest BCUT2D eigenvalue weighted by Crippen LogP contribution is -2.07. The van der Waals surface area contributed by atoms with Crippen LogP contribution in [0.2, 0.25) is 15.1 Å². The molecule has 0 aliphatic rings. The van der Waals surface area contributed by atoms with Crippen LogP contribution in [0.15, 0.2) is 30.3 Å². The quantitative estimate of drug-likeness (QED) is 0.602. The van der Waals surface area contributed by atoms with E-state index in [4.69, 9.17) is 44.3 Å². The molecule has 10 heteroatoms. The van der Waals surface area contributed by atoms with Crippen molar-refractivity contribution < 1.29 is 9.47 Å². The van der Waals surface area contributed by atoms with Crippen LogP contribution in [-0.4, -0.2) is 27.3 Å². The van der Waals surface area contributed by atoms with Gasteiger partial charge in [0.15, 0.2) is 11.5 Å². The second kappa shape index (κ2) is 8.65. The summed E-state index contributed by atoms with van der Waals surface area (Å²) in [6.45, 7) is 0.605. The Morgan fingerprint density at radius 3 is 2.44 bits per heavy atom. The maximum absolute atomic E-state index is 6.40. The number of hydrogen-bond acceptors (Lipinski definition) is 6. The van der Waals surface area contributed by atoms with Gasteiger partial charge in [-0.1, -0.05) is 46.0 Å². The van der Waals surface area contributed by atoms with Crippen molar-refractivity contribution in [3.05, 3.63) is 56.5 Å². The maximum atomic E-state index is 6.40. The molecule has 2 aromatic carbocycles. The van der Waals surface area contributed by atoms with Gasteiger partial charge in [0.25, 0.3) is 0 Å². The van der Waals surface area contributed by atoms with Crippen molar-refractivity contribution in [1.82, 2.24) is 20.2 Å². The molecule has 0 bridgehead atoms. The molecule has 0 spiro atoms. The summed E-state index contributed by atoms with van der Waals surface area (Å²) in [5.74, 6) is 1.55. The van der Waals surface area contributed by atoms with Gasteiger partial charge in [0.1, 0.15) is 6.61 Å². The monoisotopic (exact) mass is 427 g/mol. The van der Waals surface area contributed by atoms with Crippen LogP contribution in [-0.2, 0) is 20.2 Å². The fraction of sp³-hybridized carbons (Fsp3) is 0.235. The highest BCUT2D eigenvalue weighted by Gasteiger charge is 2.13. The van der Waals surface area contributed by atoms with Crippen molar-refractivity contribution >= 4 is 40.8 Å². The summed E-state index contributed by atoms with van der Waals surface area (Å²) >= 11 is 18.8. The van der Waals surface area contributed by atoms with Crippen molar-refractivity contribution in [1.29, 1.82) is 0 Å². The lowest BCUT2D eigenvalue weighted by molar-refractivity contribution is 0.284. The van der Waals surface area contributed by atoms with E-state index in [1.807, 2.05) is 0 Å². The molecule has 3 aromatic rings. The first kappa shape index (κ1) is 19.5. The topological polar surface area (TPSA) is 74.1 Å². The number of tetrazole rings is 1. The van der Waals surface area contributed by atoms with Crippen LogP contribution in [0.4, 0.5) is 5.95 Å². The van der Waals surface area contributed by atoms with E-state index < -0.39 is 0 Å². The van der Waals surface area contributed by atoms with Gasteiger partial charge in [-0.25, -0.2) is 4.68 Å². The van der Waals surface area contributed by atoms with Gasteiger partial charge in [-0.3, -0.25) is 0 Å². The summed E-state index contributed by atoms with van der Waals surface area (Å²) in [6, 6.07) is 8.78. The molecule has 0 radical (unpaired) electrons. The molecule has 1 N–H and O–H groups in total. The summed E-state index contributed by atoms with van der Waals surface area (Å²) < 4.78 is 12.8. The second-order valence-corrected chi connectivity index (χ2v) is 6.78. The molecule has 0 saturated carbocycles. The number of anilines is 1. The van der Waals surface area contributed by atoms with E-state index in [0.717, 1.165) is 5.56 Å². The summed E-state index contributed by atoms with van der Waals surface area (Å²) in [5.41, 5.74) is 1.50. The van der Waals surface area contributed by atoms with Gasteiger partial charge >= 0.3 is 0 Å². The highest BCUT2D eigenvalue weighted by atomic mass is 35.5. The predicted molar refractivity (Wildman–Crippen MR) is 105 cm³/mol. The molecule has 0 amide bonds. The van der Waals surface area contributed by atoms with Crippen molar-refractivity contribution in [2.45, 2.75) is 13.2 Å². The minimum atomic E-state index is 0.188. The number of halogens is 3. The number of ether oxygens (including phenoxy) is 2. The molecular formula is C17H16Cl3N5O2. The first-order chi connectivity index (χ1) is 13.0. The normalized spacial score (nSPS) is 10.7. The van der Waals surface area contributed by atoms with Crippen molar-refractivity contribution in [2.75, 3.05) is 12.4 Å². The summed E-state index contributed by atoms with van der Waals surface area (Å²) in [5, 5.41) is 15.9. The van der Waals surface area contributed by atoms with E-state index in [2.05, 4.69) is 20.8 Å². The standard InChI is InChI=1S/C17H16Cl3N5O2/c1-25-17(22-23-24-25)21-8-10-6-15(26-2)16(7-14(10)20)27-9-11-12(18)4-3-5-13(11)19/h3-7H,8-9H2,1-2H3,(H,21,22,24). The third-order valence-electron chi connectivity index (χ3n) is 3.82. The first-order valence-corrected chi connectivity index (χ1v) is 9.01. The molecule has 142 valence electrons. The van der Waals surface area contributed by atoms with Gasteiger partial charge in [-0.15, -0.1) is 0 Å². The van der Waals surface area contributed by atoms with E-state index in [0.29, 0.717) is 44.6 Å². The number of nitrogens with zero attached hydrogens (tertiary/aromatic N) is 4. The highest BCUT2D eigenvalue weighted by molar-refractivity contribution is 6.36. The Labute approximate surface area is 171 Å². The van der Waals surface area contributed by atoms with Crippen LogP contribution in [0.5, 0.6) is 11.5 Å². The average Bonchev–Trinajstić information content (AvgIpc) is 3.05. The predicted octanol–water partition coefficient (Wildman–Crippen LogP) is 4.37. The smallest absolute Gasteiger partial charge is 0.242 e.